The van der Waals surface area contributed by atoms with Crippen LogP contribution in [0.25, 0.3) is 11.5 Å². The Labute approximate surface area is 162 Å². The van der Waals surface area contributed by atoms with E-state index in [1.54, 1.807) is 31.2 Å². The molecule has 3 aromatic rings. The minimum absolute atomic E-state index is 0.0337. The molecule has 9 heteroatoms. The summed E-state index contributed by atoms with van der Waals surface area (Å²) in [5.74, 6) is -0.463. The molecule has 1 aromatic heterocycles. The first-order valence-electron chi connectivity index (χ1n) is 7.40. The Bertz CT molecular complexity index is 965. The Morgan fingerprint density at radius 1 is 1.23 bits per heavy atom. The van der Waals surface area contributed by atoms with Crippen LogP contribution in [-0.4, -0.2) is 21.9 Å². The summed E-state index contributed by atoms with van der Waals surface area (Å²) in [4.78, 5) is 12.0. The van der Waals surface area contributed by atoms with Gasteiger partial charge in [-0.3, -0.25) is 4.79 Å². The van der Waals surface area contributed by atoms with E-state index < -0.39 is 5.82 Å². The lowest BCUT2D eigenvalue weighted by Gasteiger charge is -2.07. The molecule has 2 aromatic carbocycles. The van der Waals surface area contributed by atoms with Crippen LogP contribution in [0.2, 0.25) is 10.0 Å². The molecule has 0 aliphatic heterocycles. The van der Waals surface area contributed by atoms with E-state index in [0.717, 1.165) is 17.3 Å². The van der Waals surface area contributed by atoms with Gasteiger partial charge in [-0.1, -0.05) is 41.0 Å². The number of nitrogens with zero attached hydrogens (tertiary/aromatic N) is 2. The number of carbonyl (C=O) groups is 1. The van der Waals surface area contributed by atoms with Crippen molar-refractivity contribution in [3.8, 4) is 11.5 Å². The lowest BCUT2D eigenvalue weighted by molar-refractivity contribution is -0.113. The molecule has 5 nitrogen and oxygen atoms in total. The highest BCUT2D eigenvalue weighted by molar-refractivity contribution is 7.99. The lowest BCUT2D eigenvalue weighted by atomic mass is 10.2. The van der Waals surface area contributed by atoms with Gasteiger partial charge in [0.1, 0.15) is 5.82 Å². The molecule has 0 saturated heterocycles. The highest BCUT2D eigenvalue weighted by atomic mass is 35.5. The number of hydrogen-bond acceptors (Lipinski definition) is 5. The van der Waals surface area contributed by atoms with Gasteiger partial charge in [-0.25, -0.2) is 4.39 Å². The molecule has 1 heterocycles. The number of carbonyl (C=O) groups excluding carboxylic acids is 1. The third-order valence-corrected chi connectivity index (χ3v) is 4.73. The summed E-state index contributed by atoms with van der Waals surface area (Å²) in [6.45, 7) is 1.78. The van der Waals surface area contributed by atoms with Crippen molar-refractivity contribution >= 4 is 46.6 Å². The van der Waals surface area contributed by atoms with Crippen molar-refractivity contribution in [3.63, 3.8) is 0 Å². The second-order valence-electron chi connectivity index (χ2n) is 5.29. The average molecular weight is 412 g/mol. The smallest absolute Gasteiger partial charge is 0.277 e. The van der Waals surface area contributed by atoms with Gasteiger partial charge in [-0.05, 0) is 42.8 Å². The van der Waals surface area contributed by atoms with Gasteiger partial charge in [0.15, 0.2) is 0 Å². The van der Waals surface area contributed by atoms with Crippen molar-refractivity contribution in [2.75, 3.05) is 11.1 Å². The summed E-state index contributed by atoms with van der Waals surface area (Å²) in [7, 11) is 0. The summed E-state index contributed by atoms with van der Waals surface area (Å²) >= 11 is 13.0. The second-order valence-corrected chi connectivity index (χ2v) is 7.06. The molecule has 1 N–H and O–H groups in total. The number of aromatic nitrogens is 2. The Kier molecular flexibility index (Phi) is 5.80. The number of anilines is 1. The number of amides is 1. The van der Waals surface area contributed by atoms with Crippen LogP contribution in [0.5, 0.6) is 0 Å². The zero-order chi connectivity index (χ0) is 18.7. The minimum Gasteiger partial charge on any atom is -0.411 e. The molecule has 0 bridgehead atoms. The van der Waals surface area contributed by atoms with E-state index in [-0.39, 0.29) is 22.8 Å². The molecular weight excluding hydrogens is 400 g/mol. The Morgan fingerprint density at radius 2 is 2.04 bits per heavy atom. The Balaban J connectivity index is 1.62. The van der Waals surface area contributed by atoms with Crippen molar-refractivity contribution in [2.24, 2.45) is 0 Å². The summed E-state index contributed by atoms with van der Waals surface area (Å²) in [6, 6.07) is 9.11. The van der Waals surface area contributed by atoms with E-state index in [4.69, 9.17) is 27.6 Å². The predicted molar refractivity (Wildman–Crippen MR) is 100 cm³/mol. The minimum atomic E-state index is -0.417. The quantitative estimate of drug-likeness (QED) is 0.582. The zero-order valence-electron chi connectivity index (χ0n) is 13.4. The van der Waals surface area contributed by atoms with Gasteiger partial charge in [0.2, 0.25) is 11.8 Å². The Hall–Kier alpha value is -2.09. The number of thioether (sulfide) groups is 1. The van der Waals surface area contributed by atoms with Gasteiger partial charge in [0.05, 0.1) is 16.3 Å². The summed E-state index contributed by atoms with van der Waals surface area (Å²) in [6.07, 6.45) is 0. The predicted octanol–water partition coefficient (Wildman–Crippen LogP) is 5.22. The standard InChI is InChI=1S/C17H12Cl2FN3O2S/c1-9-2-4-11(20)7-14(9)21-15(24)8-26-17-23-22-16(25-17)12-5-3-10(18)6-13(12)19/h2-7H,8H2,1H3,(H,21,24). The lowest BCUT2D eigenvalue weighted by Crippen LogP contribution is -2.15. The highest BCUT2D eigenvalue weighted by Gasteiger charge is 2.14. The molecule has 26 heavy (non-hydrogen) atoms. The SMILES string of the molecule is Cc1ccc(F)cc1NC(=O)CSc1nnc(-c2ccc(Cl)cc2Cl)o1. The van der Waals surface area contributed by atoms with Crippen molar-refractivity contribution < 1.29 is 13.6 Å². The number of aryl methyl sites for hydroxylation is 1. The molecule has 0 unspecified atom stereocenters. The topological polar surface area (TPSA) is 68.0 Å². The molecule has 134 valence electrons. The fourth-order valence-corrected chi connectivity index (χ4v) is 3.13. The first-order valence-corrected chi connectivity index (χ1v) is 9.14. The maximum absolute atomic E-state index is 13.3. The maximum atomic E-state index is 13.3. The van der Waals surface area contributed by atoms with Gasteiger partial charge < -0.3 is 9.73 Å². The fourth-order valence-electron chi connectivity index (χ4n) is 2.08. The maximum Gasteiger partial charge on any atom is 0.277 e. The molecular formula is C17H12Cl2FN3O2S. The molecule has 0 saturated carbocycles. The first kappa shape index (κ1) is 18.7. The molecule has 0 atom stereocenters. The molecule has 0 radical (unpaired) electrons. The molecule has 0 spiro atoms. The Morgan fingerprint density at radius 3 is 2.81 bits per heavy atom. The normalized spacial score (nSPS) is 10.8. The molecule has 1 amide bonds. The van der Waals surface area contributed by atoms with Crippen LogP contribution in [0.3, 0.4) is 0 Å². The number of rotatable bonds is 5. The molecule has 3 rings (SSSR count). The van der Waals surface area contributed by atoms with Crippen LogP contribution in [0.1, 0.15) is 5.56 Å². The fraction of sp³-hybridized carbons (Fsp3) is 0.118. The third kappa shape index (κ3) is 4.55. The van der Waals surface area contributed by atoms with Crippen LogP contribution in [0.4, 0.5) is 10.1 Å². The van der Waals surface area contributed by atoms with Crippen molar-refractivity contribution in [3.05, 3.63) is 57.8 Å². The number of halogens is 3. The van der Waals surface area contributed by atoms with E-state index in [1.807, 2.05) is 0 Å². The summed E-state index contributed by atoms with van der Waals surface area (Å²) in [5, 5.41) is 11.6. The number of hydrogen-bond donors (Lipinski definition) is 1. The van der Waals surface area contributed by atoms with E-state index in [9.17, 15) is 9.18 Å². The number of nitrogens with one attached hydrogen (secondary N) is 1. The highest BCUT2D eigenvalue weighted by Crippen LogP contribution is 2.31. The second kappa shape index (κ2) is 8.07. The van der Waals surface area contributed by atoms with Crippen molar-refractivity contribution in [2.45, 2.75) is 12.1 Å². The average Bonchev–Trinajstić information content (AvgIpc) is 3.05. The van der Waals surface area contributed by atoms with Gasteiger partial charge in [0.25, 0.3) is 5.22 Å². The summed E-state index contributed by atoms with van der Waals surface area (Å²) < 4.78 is 18.8. The van der Waals surface area contributed by atoms with E-state index >= 15 is 0 Å². The van der Waals surface area contributed by atoms with Crippen molar-refractivity contribution in [1.29, 1.82) is 0 Å². The largest absolute Gasteiger partial charge is 0.411 e. The van der Waals surface area contributed by atoms with Gasteiger partial charge in [0, 0.05) is 10.7 Å². The van der Waals surface area contributed by atoms with Gasteiger partial charge >= 0.3 is 0 Å². The van der Waals surface area contributed by atoms with Crippen LogP contribution in [0, 0.1) is 12.7 Å². The summed E-state index contributed by atoms with van der Waals surface area (Å²) in [5.41, 5.74) is 1.74. The zero-order valence-corrected chi connectivity index (χ0v) is 15.8. The van der Waals surface area contributed by atoms with Gasteiger partial charge in [-0.2, -0.15) is 0 Å². The van der Waals surface area contributed by atoms with Crippen LogP contribution in [0.15, 0.2) is 46.0 Å². The van der Waals surface area contributed by atoms with Crippen LogP contribution in [-0.2, 0) is 4.79 Å². The third-order valence-electron chi connectivity index (χ3n) is 3.37. The monoisotopic (exact) mass is 411 g/mol. The van der Waals surface area contributed by atoms with E-state index in [2.05, 4.69) is 15.5 Å². The molecule has 0 aliphatic carbocycles. The van der Waals surface area contributed by atoms with Gasteiger partial charge in [-0.15, -0.1) is 10.2 Å². The first-order chi connectivity index (χ1) is 12.4. The molecule has 0 fully saturated rings. The van der Waals surface area contributed by atoms with Crippen LogP contribution < -0.4 is 5.32 Å². The van der Waals surface area contributed by atoms with E-state index in [1.165, 1.54) is 12.1 Å². The van der Waals surface area contributed by atoms with E-state index in [0.29, 0.717) is 21.3 Å². The molecule has 0 aliphatic rings. The van der Waals surface area contributed by atoms with Crippen LogP contribution >= 0.6 is 35.0 Å². The number of benzene rings is 2. The van der Waals surface area contributed by atoms with Crippen molar-refractivity contribution in [1.82, 2.24) is 10.2 Å².